The van der Waals surface area contributed by atoms with Crippen LogP contribution in [0, 0.1) is 0 Å². The first kappa shape index (κ1) is 17.3. The molecule has 0 spiro atoms. The Kier molecular flexibility index (Phi) is 5.12. The van der Waals surface area contributed by atoms with Crippen molar-refractivity contribution in [3.8, 4) is 5.75 Å². The number of carbonyl (C=O) groups excluding carboxylic acids is 2. The number of hydrogen-bond donors (Lipinski definition) is 1. The van der Waals surface area contributed by atoms with Crippen molar-refractivity contribution in [3.63, 3.8) is 0 Å². The molecule has 1 N–H and O–H groups in total. The molecule has 122 valence electrons. The average Bonchev–Trinajstić information content (AvgIpc) is 2.80. The summed E-state index contributed by atoms with van der Waals surface area (Å²) in [5.74, 6) is -0.195. The van der Waals surface area contributed by atoms with Crippen molar-refractivity contribution >= 4 is 60.8 Å². The Morgan fingerprint density at radius 2 is 1.83 bits per heavy atom. The Hall–Kier alpha value is -1.57. The van der Waals surface area contributed by atoms with Gasteiger partial charge in [0.15, 0.2) is 0 Å². The summed E-state index contributed by atoms with van der Waals surface area (Å²) in [6, 6.07) is 12.4. The van der Waals surface area contributed by atoms with E-state index in [0.29, 0.717) is 9.38 Å². The van der Waals surface area contributed by atoms with Crippen molar-refractivity contribution in [1.82, 2.24) is 4.90 Å². The zero-order valence-electron chi connectivity index (χ0n) is 12.2. The van der Waals surface area contributed by atoms with Gasteiger partial charge in [0, 0.05) is 4.47 Å². The number of benzene rings is 2. The second kappa shape index (κ2) is 7.13. The van der Waals surface area contributed by atoms with E-state index in [0.717, 1.165) is 27.4 Å². The average molecular weight is 469 g/mol. The number of imide groups is 1. The molecule has 1 aliphatic rings. The van der Waals surface area contributed by atoms with Crippen molar-refractivity contribution in [1.29, 1.82) is 0 Å². The summed E-state index contributed by atoms with van der Waals surface area (Å²) in [4.78, 5) is 26.3. The van der Waals surface area contributed by atoms with Gasteiger partial charge in [-0.25, -0.2) is 0 Å². The first-order chi connectivity index (χ1) is 11.5. The minimum atomic E-state index is -0.315. The van der Waals surface area contributed by atoms with Crippen LogP contribution in [0.1, 0.15) is 11.1 Å². The third-order valence-electron chi connectivity index (χ3n) is 3.43. The molecule has 3 rings (SSSR count). The van der Waals surface area contributed by atoms with Crippen LogP contribution in [-0.4, -0.2) is 21.2 Å². The molecular formula is C17H11Br2NO3S. The lowest BCUT2D eigenvalue weighted by Gasteiger charge is -2.13. The smallest absolute Gasteiger partial charge is 0.293 e. The topological polar surface area (TPSA) is 57.6 Å². The van der Waals surface area contributed by atoms with Gasteiger partial charge in [-0.3, -0.25) is 14.5 Å². The number of halogens is 2. The highest BCUT2D eigenvalue weighted by Gasteiger charge is 2.35. The number of aromatic hydroxyl groups is 1. The van der Waals surface area contributed by atoms with Crippen LogP contribution in [0.5, 0.6) is 5.75 Å². The maximum atomic E-state index is 12.5. The summed E-state index contributed by atoms with van der Waals surface area (Å²) in [6.45, 7) is 0.225. The molecule has 0 radical (unpaired) electrons. The van der Waals surface area contributed by atoms with E-state index in [1.54, 1.807) is 18.2 Å². The summed E-state index contributed by atoms with van der Waals surface area (Å²) in [7, 11) is 0. The Morgan fingerprint density at radius 1 is 1.08 bits per heavy atom. The van der Waals surface area contributed by atoms with Crippen LogP contribution >= 0.6 is 43.6 Å². The Balaban J connectivity index is 1.84. The van der Waals surface area contributed by atoms with E-state index in [1.807, 2.05) is 24.3 Å². The van der Waals surface area contributed by atoms with E-state index < -0.39 is 0 Å². The van der Waals surface area contributed by atoms with E-state index in [1.165, 1.54) is 11.0 Å². The molecule has 0 aromatic heterocycles. The number of carbonyl (C=O) groups is 2. The molecule has 4 nitrogen and oxygen atoms in total. The molecule has 1 aliphatic heterocycles. The van der Waals surface area contributed by atoms with Crippen LogP contribution in [0.15, 0.2) is 56.3 Å². The Morgan fingerprint density at radius 3 is 2.54 bits per heavy atom. The zero-order chi connectivity index (χ0) is 17.3. The van der Waals surface area contributed by atoms with Crippen LogP contribution in [0.3, 0.4) is 0 Å². The highest BCUT2D eigenvalue weighted by Crippen LogP contribution is 2.35. The Bertz CT molecular complexity index is 867. The largest absolute Gasteiger partial charge is 0.507 e. The molecule has 1 saturated heterocycles. The standard InChI is InChI=1S/C17H11Br2NO3S/c18-12-4-2-1-3-11(12)9-20-16(22)15(24-17(20)23)8-10-5-6-14(21)13(19)7-10/h1-8,21H,9H2/b15-8-. The lowest BCUT2D eigenvalue weighted by Crippen LogP contribution is -2.27. The molecule has 2 aromatic rings. The van der Waals surface area contributed by atoms with E-state index in [4.69, 9.17) is 0 Å². The van der Waals surface area contributed by atoms with Gasteiger partial charge in [0.05, 0.1) is 15.9 Å². The van der Waals surface area contributed by atoms with Crippen LogP contribution in [0.4, 0.5) is 4.79 Å². The number of rotatable bonds is 3. The first-order valence-electron chi connectivity index (χ1n) is 6.93. The molecule has 0 bridgehead atoms. The van der Waals surface area contributed by atoms with Gasteiger partial charge < -0.3 is 5.11 Å². The number of thioether (sulfide) groups is 1. The fourth-order valence-corrected chi connectivity index (χ4v) is 3.84. The molecule has 1 heterocycles. The summed E-state index contributed by atoms with van der Waals surface area (Å²) >= 11 is 7.58. The second-order valence-corrected chi connectivity index (χ2v) is 7.77. The van der Waals surface area contributed by atoms with Gasteiger partial charge in [0.25, 0.3) is 11.1 Å². The minimum Gasteiger partial charge on any atom is -0.507 e. The molecule has 24 heavy (non-hydrogen) atoms. The van der Waals surface area contributed by atoms with Crippen molar-refractivity contribution in [3.05, 3.63) is 67.4 Å². The molecule has 2 amide bonds. The number of phenols is 1. The number of nitrogens with zero attached hydrogens (tertiary/aromatic N) is 1. The first-order valence-corrected chi connectivity index (χ1v) is 9.33. The lowest BCUT2D eigenvalue weighted by atomic mass is 10.2. The number of amides is 2. The molecule has 0 unspecified atom stereocenters. The number of phenolic OH excluding ortho intramolecular Hbond substituents is 1. The van der Waals surface area contributed by atoms with Gasteiger partial charge in [0.2, 0.25) is 0 Å². The predicted molar refractivity (Wildman–Crippen MR) is 101 cm³/mol. The van der Waals surface area contributed by atoms with E-state index in [-0.39, 0.29) is 23.4 Å². The summed E-state index contributed by atoms with van der Waals surface area (Å²) in [5.41, 5.74) is 1.60. The fourth-order valence-electron chi connectivity index (χ4n) is 2.20. The normalized spacial score (nSPS) is 16.2. The van der Waals surface area contributed by atoms with Crippen LogP contribution in [-0.2, 0) is 11.3 Å². The number of hydrogen-bond acceptors (Lipinski definition) is 4. The third kappa shape index (κ3) is 3.58. The summed E-state index contributed by atoms with van der Waals surface area (Å²) in [6.07, 6.45) is 1.65. The van der Waals surface area contributed by atoms with Crippen LogP contribution in [0.25, 0.3) is 6.08 Å². The van der Waals surface area contributed by atoms with Crippen molar-refractivity contribution in [2.75, 3.05) is 0 Å². The van der Waals surface area contributed by atoms with Crippen LogP contribution in [0.2, 0.25) is 0 Å². The molecular weight excluding hydrogens is 458 g/mol. The van der Waals surface area contributed by atoms with Gasteiger partial charge in [-0.2, -0.15) is 0 Å². The second-order valence-electron chi connectivity index (χ2n) is 5.07. The van der Waals surface area contributed by atoms with E-state index >= 15 is 0 Å². The highest BCUT2D eigenvalue weighted by molar-refractivity contribution is 9.10. The summed E-state index contributed by atoms with van der Waals surface area (Å²) in [5, 5.41) is 9.23. The Labute approximate surface area is 159 Å². The molecule has 7 heteroatoms. The zero-order valence-corrected chi connectivity index (χ0v) is 16.2. The molecule has 2 aromatic carbocycles. The van der Waals surface area contributed by atoms with E-state index in [2.05, 4.69) is 31.9 Å². The van der Waals surface area contributed by atoms with Gasteiger partial charge in [-0.15, -0.1) is 0 Å². The van der Waals surface area contributed by atoms with Crippen molar-refractivity contribution < 1.29 is 14.7 Å². The minimum absolute atomic E-state index is 0.120. The van der Waals surface area contributed by atoms with Crippen molar-refractivity contribution in [2.45, 2.75) is 6.54 Å². The SMILES string of the molecule is O=C1S/C(=C\c2ccc(O)c(Br)c2)C(=O)N1Cc1ccccc1Br. The maximum absolute atomic E-state index is 12.5. The van der Waals surface area contributed by atoms with Crippen LogP contribution < -0.4 is 0 Å². The van der Waals surface area contributed by atoms with Gasteiger partial charge in [-0.1, -0.05) is 40.2 Å². The van der Waals surface area contributed by atoms with Gasteiger partial charge in [-0.05, 0) is 63.1 Å². The van der Waals surface area contributed by atoms with Gasteiger partial charge in [0.1, 0.15) is 5.75 Å². The predicted octanol–water partition coefficient (Wildman–Crippen LogP) is 5.15. The van der Waals surface area contributed by atoms with E-state index in [9.17, 15) is 14.7 Å². The molecule has 0 saturated carbocycles. The lowest BCUT2D eigenvalue weighted by molar-refractivity contribution is -0.123. The van der Waals surface area contributed by atoms with Gasteiger partial charge >= 0.3 is 0 Å². The molecule has 0 aliphatic carbocycles. The summed E-state index contributed by atoms with van der Waals surface area (Å²) < 4.78 is 1.39. The quantitative estimate of drug-likeness (QED) is 0.632. The molecule has 0 atom stereocenters. The fraction of sp³-hybridized carbons (Fsp3) is 0.0588. The monoisotopic (exact) mass is 467 g/mol. The molecule has 1 fully saturated rings. The maximum Gasteiger partial charge on any atom is 0.293 e. The third-order valence-corrected chi connectivity index (χ3v) is 5.75. The van der Waals surface area contributed by atoms with Crippen molar-refractivity contribution in [2.24, 2.45) is 0 Å². The highest BCUT2D eigenvalue weighted by atomic mass is 79.9.